The van der Waals surface area contributed by atoms with Crippen LogP contribution in [0.4, 0.5) is 0 Å². The zero-order valence-electron chi connectivity index (χ0n) is 22.0. The highest BCUT2D eigenvalue weighted by Gasteiger charge is 2.20. The zero-order valence-corrected chi connectivity index (χ0v) is 22.0. The van der Waals surface area contributed by atoms with Crippen LogP contribution in [0.1, 0.15) is 0 Å². The second-order valence-electron chi connectivity index (χ2n) is 10.4. The summed E-state index contributed by atoms with van der Waals surface area (Å²) in [7, 11) is 0. The van der Waals surface area contributed by atoms with Gasteiger partial charge in [-0.2, -0.15) is 0 Å². The molecule has 3 heterocycles. The lowest BCUT2D eigenvalue weighted by atomic mass is 10.1. The zero-order chi connectivity index (χ0) is 26.9. The predicted molar refractivity (Wildman–Crippen MR) is 168 cm³/mol. The molecule has 9 aromatic rings. The third kappa shape index (κ3) is 3.19. The van der Waals surface area contributed by atoms with Crippen LogP contribution in [0, 0.1) is 0 Å². The maximum Gasteiger partial charge on any atom is 0.145 e. The highest BCUT2D eigenvalue weighted by Crippen LogP contribution is 2.41. The second kappa shape index (κ2) is 8.44. The van der Waals surface area contributed by atoms with Gasteiger partial charge in [0.05, 0.1) is 22.1 Å². The van der Waals surface area contributed by atoms with Crippen molar-refractivity contribution < 1.29 is 4.42 Å². The van der Waals surface area contributed by atoms with Crippen LogP contribution in [0.5, 0.6) is 0 Å². The van der Waals surface area contributed by atoms with E-state index in [-0.39, 0.29) is 0 Å². The van der Waals surface area contributed by atoms with Crippen molar-refractivity contribution in [1.29, 1.82) is 0 Å². The average Bonchev–Trinajstić information content (AvgIpc) is 3.71. The molecule has 0 saturated heterocycles. The summed E-state index contributed by atoms with van der Waals surface area (Å²) in [5.41, 5.74) is 9.44. The van der Waals surface area contributed by atoms with Gasteiger partial charge in [0.25, 0.3) is 0 Å². The topological polar surface area (TPSA) is 35.9 Å². The molecule has 41 heavy (non-hydrogen) atoms. The number of imidazole rings is 1. The van der Waals surface area contributed by atoms with Crippen LogP contribution in [0.25, 0.3) is 77.5 Å². The van der Waals surface area contributed by atoms with Gasteiger partial charge in [-0.15, -0.1) is 0 Å². The lowest BCUT2D eigenvalue weighted by molar-refractivity contribution is 0.669. The average molecular weight is 526 g/mol. The predicted octanol–water partition coefficient (Wildman–Crippen LogP) is 9.69. The molecule has 0 aliphatic heterocycles. The molecule has 0 aliphatic carbocycles. The number of nitrogens with zero attached hydrogens (tertiary/aromatic N) is 3. The smallest absolute Gasteiger partial charge is 0.145 e. The summed E-state index contributed by atoms with van der Waals surface area (Å²) in [6.07, 6.45) is 0. The van der Waals surface area contributed by atoms with E-state index in [2.05, 4.69) is 124 Å². The summed E-state index contributed by atoms with van der Waals surface area (Å²) in [6.45, 7) is 0. The van der Waals surface area contributed by atoms with Crippen LogP contribution in [0.3, 0.4) is 0 Å². The van der Waals surface area contributed by atoms with Crippen LogP contribution in [0.15, 0.2) is 144 Å². The molecule has 6 aromatic carbocycles. The highest BCUT2D eigenvalue weighted by atomic mass is 16.3. The number of para-hydroxylation sites is 5. The molecule has 0 amide bonds. The van der Waals surface area contributed by atoms with Crippen molar-refractivity contribution in [3.8, 4) is 22.8 Å². The minimum atomic E-state index is 0.909. The van der Waals surface area contributed by atoms with E-state index >= 15 is 0 Å². The number of furan rings is 1. The molecule has 0 aliphatic rings. The van der Waals surface area contributed by atoms with Gasteiger partial charge in [0, 0.05) is 38.5 Å². The Morgan fingerprint density at radius 1 is 0.463 bits per heavy atom. The fourth-order valence-corrected chi connectivity index (χ4v) is 6.39. The van der Waals surface area contributed by atoms with Crippen LogP contribution in [-0.2, 0) is 0 Å². The number of hydrogen-bond donors (Lipinski definition) is 0. The SMILES string of the molecule is c1ccc(-n2c(-c3cccc(-n4c5ccccc5c5c6c(ccc54)oc4ccccc46)c3)nc3ccccc32)cc1. The van der Waals surface area contributed by atoms with Crippen LogP contribution < -0.4 is 0 Å². The maximum atomic E-state index is 6.27. The van der Waals surface area contributed by atoms with Gasteiger partial charge in [0.2, 0.25) is 0 Å². The molecule has 0 N–H and O–H groups in total. The van der Waals surface area contributed by atoms with E-state index in [1.54, 1.807) is 0 Å². The van der Waals surface area contributed by atoms with Gasteiger partial charge < -0.3 is 8.98 Å². The van der Waals surface area contributed by atoms with E-state index in [0.717, 1.165) is 66.8 Å². The minimum Gasteiger partial charge on any atom is -0.456 e. The van der Waals surface area contributed by atoms with Gasteiger partial charge in [-0.25, -0.2) is 4.98 Å². The standard InChI is InChI=1S/C37H23N3O/c1-2-12-25(13-3-1)40-31-19-8-6-17-29(31)38-37(40)24-11-10-14-26(23-24)39-30-18-7-4-15-27(30)35-32(39)21-22-34-36(35)28-16-5-9-20-33(28)41-34/h1-23H. The molecule has 0 unspecified atom stereocenters. The Hall–Kier alpha value is -5.61. The summed E-state index contributed by atoms with van der Waals surface area (Å²) in [6, 6.07) is 48.8. The molecular weight excluding hydrogens is 502 g/mol. The van der Waals surface area contributed by atoms with Gasteiger partial charge >= 0.3 is 0 Å². The summed E-state index contributed by atoms with van der Waals surface area (Å²) in [5.74, 6) is 0.920. The minimum absolute atomic E-state index is 0.909. The quantitative estimate of drug-likeness (QED) is 0.230. The first kappa shape index (κ1) is 22.2. The molecule has 4 nitrogen and oxygen atoms in total. The summed E-state index contributed by atoms with van der Waals surface area (Å²) in [5, 5.41) is 4.72. The fraction of sp³-hybridized carbons (Fsp3) is 0. The van der Waals surface area contributed by atoms with Gasteiger partial charge in [-0.1, -0.05) is 78.9 Å². The molecule has 0 radical (unpaired) electrons. The maximum absolute atomic E-state index is 6.27. The molecule has 4 heteroatoms. The van der Waals surface area contributed by atoms with E-state index in [9.17, 15) is 0 Å². The highest BCUT2D eigenvalue weighted by molar-refractivity contribution is 6.27. The van der Waals surface area contributed by atoms with Crippen molar-refractivity contribution in [1.82, 2.24) is 14.1 Å². The lowest BCUT2D eigenvalue weighted by Gasteiger charge is -2.12. The van der Waals surface area contributed by atoms with Crippen molar-refractivity contribution >= 4 is 54.8 Å². The number of hydrogen-bond acceptors (Lipinski definition) is 2. The first-order valence-corrected chi connectivity index (χ1v) is 13.8. The van der Waals surface area contributed by atoms with Gasteiger partial charge in [0.1, 0.15) is 17.0 Å². The van der Waals surface area contributed by atoms with Crippen molar-refractivity contribution in [2.24, 2.45) is 0 Å². The first-order chi connectivity index (χ1) is 20.3. The molecule has 0 saturated carbocycles. The Kier molecular flexibility index (Phi) is 4.58. The van der Waals surface area contributed by atoms with Gasteiger partial charge in [-0.05, 0) is 60.7 Å². The van der Waals surface area contributed by atoms with E-state index < -0.39 is 0 Å². The molecule has 0 spiro atoms. The van der Waals surface area contributed by atoms with Crippen LogP contribution >= 0.6 is 0 Å². The first-order valence-electron chi connectivity index (χ1n) is 13.8. The summed E-state index contributed by atoms with van der Waals surface area (Å²) >= 11 is 0. The third-order valence-electron chi connectivity index (χ3n) is 8.11. The van der Waals surface area contributed by atoms with Crippen molar-refractivity contribution in [3.63, 3.8) is 0 Å². The van der Waals surface area contributed by atoms with Crippen LogP contribution in [-0.4, -0.2) is 14.1 Å². The Morgan fingerprint density at radius 2 is 1.20 bits per heavy atom. The Bertz CT molecular complexity index is 2420. The summed E-state index contributed by atoms with van der Waals surface area (Å²) in [4.78, 5) is 5.12. The van der Waals surface area contributed by atoms with Gasteiger partial charge in [0.15, 0.2) is 0 Å². The Morgan fingerprint density at radius 3 is 2.10 bits per heavy atom. The van der Waals surface area contributed by atoms with E-state index in [4.69, 9.17) is 9.40 Å². The Labute approximate surface area is 235 Å². The molecule has 0 bridgehead atoms. The van der Waals surface area contributed by atoms with E-state index in [0.29, 0.717) is 0 Å². The monoisotopic (exact) mass is 525 g/mol. The normalized spacial score (nSPS) is 11.9. The van der Waals surface area contributed by atoms with Crippen molar-refractivity contribution in [3.05, 3.63) is 140 Å². The second-order valence-corrected chi connectivity index (χ2v) is 10.4. The lowest BCUT2D eigenvalue weighted by Crippen LogP contribution is -1.99. The van der Waals surface area contributed by atoms with Crippen LogP contribution in [0.2, 0.25) is 0 Å². The fourth-order valence-electron chi connectivity index (χ4n) is 6.39. The molecule has 9 rings (SSSR count). The van der Waals surface area contributed by atoms with E-state index in [1.165, 1.54) is 10.8 Å². The van der Waals surface area contributed by atoms with E-state index in [1.807, 2.05) is 24.3 Å². The Balaban J connectivity index is 1.34. The largest absolute Gasteiger partial charge is 0.456 e. The number of aromatic nitrogens is 3. The van der Waals surface area contributed by atoms with Crippen molar-refractivity contribution in [2.45, 2.75) is 0 Å². The summed E-state index contributed by atoms with van der Waals surface area (Å²) < 4.78 is 10.9. The molecule has 192 valence electrons. The molecular formula is C37H23N3O. The number of fused-ring (bicyclic) bond motifs is 8. The van der Waals surface area contributed by atoms with Gasteiger partial charge in [-0.3, -0.25) is 4.57 Å². The third-order valence-corrected chi connectivity index (χ3v) is 8.11. The number of rotatable bonds is 3. The number of benzene rings is 6. The van der Waals surface area contributed by atoms with Crippen molar-refractivity contribution in [2.75, 3.05) is 0 Å². The molecule has 0 fully saturated rings. The molecule has 3 aromatic heterocycles. The molecule has 0 atom stereocenters.